The monoisotopic (exact) mass is 367 g/mol. The molecule has 142 valence electrons. The third kappa shape index (κ3) is 7.36. The number of rotatable bonds is 10. The van der Waals surface area contributed by atoms with Crippen LogP contribution >= 0.6 is 0 Å². The zero-order chi connectivity index (χ0) is 19.5. The Morgan fingerprint density at radius 3 is 2.44 bits per heavy atom. The Morgan fingerprint density at radius 2 is 1.81 bits per heavy atom. The number of carbonyl (C=O) groups excluding carboxylic acids is 1. The molecule has 0 saturated carbocycles. The summed E-state index contributed by atoms with van der Waals surface area (Å²) < 4.78 is 5.59. The molecule has 0 aliphatic carbocycles. The van der Waals surface area contributed by atoms with E-state index in [1.54, 1.807) is 6.08 Å². The molecule has 0 aliphatic rings. The molecular weight excluding hydrogens is 342 g/mol. The highest BCUT2D eigenvalue weighted by Gasteiger charge is 2.19. The van der Waals surface area contributed by atoms with Gasteiger partial charge in [0.1, 0.15) is 11.8 Å². The summed E-state index contributed by atoms with van der Waals surface area (Å²) in [5, 5.41) is 11.9. The number of ether oxygens (including phenoxy) is 1. The fourth-order valence-electron chi connectivity index (χ4n) is 2.45. The second-order valence-electron chi connectivity index (χ2n) is 6.19. The molecule has 0 aliphatic heterocycles. The second-order valence-corrected chi connectivity index (χ2v) is 6.19. The molecule has 1 amide bonds. The number of carboxylic acid groups (broad SMARTS) is 1. The predicted octanol–water partition coefficient (Wildman–Crippen LogP) is 3.69. The van der Waals surface area contributed by atoms with E-state index in [1.165, 1.54) is 6.08 Å². The zero-order valence-electron chi connectivity index (χ0n) is 15.4. The number of carbonyl (C=O) groups is 2. The normalized spacial score (nSPS) is 11.9. The highest BCUT2D eigenvalue weighted by molar-refractivity contribution is 5.94. The highest BCUT2D eigenvalue weighted by atomic mass is 16.5. The molecule has 0 unspecified atom stereocenters. The van der Waals surface area contributed by atoms with Crippen molar-refractivity contribution in [1.82, 2.24) is 5.32 Å². The van der Waals surface area contributed by atoms with E-state index in [9.17, 15) is 14.7 Å². The van der Waals surface area contributed by atoms with Crippen LogP contribution in [0.5, 0.6) is 5.75 Å². The van der Waals surface area contributed by atoms with E-state index in [0.717, 1.165) is 29.7 Å². The van der Waals surface area contributed by atoms with Gasteiger partial charge < -0.3 is 15.2 Å². The lowest BCUT2D eigenvalue weighted by molar-refractivity contribution is -0.141. The van der Waals surface area contributed by atoms with Gasteiger partial charge in [-0.2, -0.15) is 0 Å². The van der Waals surface area contributed by atoms with Crippen LogP contribution in [0.2, 0.25) is 0 Å². The van der Waals surface area contributed by atoms with Gasteiger partial charge in [0.15, 0.2) is 0 Å². The maximum atomic E-state index is 12.1. The van der Waals surface area contributed by atoms with Crippen LogP contribution in [0.3, 0.4) is 0 Å². The molecule has 1 atom stereocenters. The Hall–Kier alpha value is -3.08. The molecule has 2 rings (SSSR count). The maximum absolute atomic E-state index is 12.1. The van der Waals surface area contributed by atoms with Crippen LogP contribution in [0.1, 0.15) is 30.9 Å². The number of nitrogens with one attached hydrogen (secondary N) is 1. The van der Waals surface area contributed by atoms with Gasteiger partial charge in [-0.05, 0) is 35.8 Å². The van der Waals surface area contributed by atoms with Crippen molar-refractivity contribution in [2.45, 2.75) is 32.2 Å². The van der Waals surface area contributed by atoms with Crippen LogP contribution < -0.4 is 10.1 Å². The first-order valence-electron chi connectivity index (χ1n) is 9.06. The molecule has 0 radical (unpaired) electrons. The third-order valence-corrected chi connectivity index (χ3v) is 3.97. The molecular formula is C22H25NO4. The topological polar surface area (TPSA) is 75.6 Å². The fraction of sp³-hybridized carbons (Fsp3) is 0.273. The first-order chi connectivity index (χ1) is 13.1. The summed E-state index contributed by atoms with van der Waals surface area (Å²) >= 11 is 0. The zero-order valence-corrected chi connectivity index (χ0v) is 15.4. The summed E-state index contributed by atoms with van der Waals surface area (Å²) in [5.41, 5.74) is 1.69. The van der Waals surface area contributed by atoms with E-state index in [-0.39, 0.29) is 6.42 Å². The van der Waals surface area contributed by atoms with Crippen LogP contribution in [-0.2, 0) is 16.0 Å². The molecule has 5 heteroatoms. The van der Waals surface area contributed by atoms with Crippen molar-refractivity contribution in [2.75, 3.05) is 6.61 Å². The molecule has 2 aromatic carbocycles. The fourth-order valence-corrected chi connectivity index (χ4v) is 2.45. The summed E-state index contributed by atoms with van der Waals surface area (Å²) in [6, 6.07) is 15.6. The molecule has 0 fully saturated rings. The smallest absolute Gasteiger partial charge is 0.326 e. The Bertz CT molecular complexity index is 754. The molecule has 5 nitrogen and oxygen atoms in total. The molecule has 2 aromatic rings. The van der Waals surface area contributed by atoms with Crippen molar-refractivity contribution in [3.05, 3.63) is 71.8 Å². The van der Waals surface area contributed by atoms with Gasteiger partial charge >= 0.3 is 5.97 Å². The lowest BCUT2D eigenvalue weighted by atomic mass is 10.1. The van der Waals surface area contributed by atoms with Gasteiger partial charge in [-0.15, -0.1) is 0 Å². The number of hydrogen-bond donors (Lipinski definition) is 2. The van der Waals surface area contributed by atoms with E-state index in [4.69, 9.17) is 4.74 Å². The van der Waals surface area contributed by atoms with Gasteiger partial charge in [-0.25, -0.2) is 4.79 Å². The van der Waals surface area contributed by atoms with Gasteiger partial charge in [-0.1, -0.05) is 55.8 Å². The molecule has 0 aromatic heterocycles. The Balaban J connectivity index is 1.89. The van der Waals surface area contributed by atoms with E-state index >= 15 is 0 Å². The Morgan fingerprint density at radius 1 is 1.11 bits per heavy atom. The summed E-state index contributed by atoms with van der Waals surface area (Å²) in [6.07, 6.45) is 5.31. The molecule has 0 bridgehead atoms. The van der Waals surface area contributed by atoms with Crippen molar-refractivity contribution in [2.24, 2.45) is 0 Å². The summed E-state index contributed by atoms with van der Waals surface area (Å²) in [6.45, 7) is 2.79. The van der Waals surface area contributed by atoms with Crippen LogP contribution in [-0.4, -0.2) is 29.6 Å². The van der Waals surface area contributed by atoms with Crippen molar-refractivity contribution in [3.8, 4) is 5.75 Å². The van der Waals surface area contributed by atoms with Crippen LogP contribution in [0.15, 0.2) is 60.7 Å². The van der Waals surface area contributed by atoms with Crippen molar-refractivity contribution >= 4 is 18.0 Å². The van der Waals surface area contributed by atoms with E-state index in [2.05, 4.69) is 12.2 Å². The standard InChI is InChI=1S/C22H25NO4/c1-2-3-15-27-19-12-9-17(10-13-19)11-14-21(24)23-20(22(25)26)16-18-7-5-4-6-8-18/h4-14,20H,2-3,15-16H2,1H3,(H,23,24)(H,25,26)/b14-11+/t20-/m0/s1. The minimum absolute atomic E-state index is 0.236. The van der Waals surface area contributed by atoms with Crippen LogP contribution in [0.25, 0.3) is 6.08 Å². The van der Waals surface area contributed by atoms with Gasteiger partial charge in [-0.3, -0.25) is 4.79 Å². The van der Waals surface area contributed by atoms with Crippen LogP contribution in [0, 0.1) is 0 Å². The quantitative estimate of drug-likeness (QED) is 0.496. The largest absolute Gasteiger partial charge is 0.494 e. The number of benzene rings is 2. The van der Waals surface area contributed by atoms with Gasteiger partial charge in [0.05, 0.1) is 6.61 Å². The number of carboxylic acids is 1. The lowest BCUT2D eigenvalue weighted by Crippen LogP contribution is -2.41. The van der Waals surface area contributed by atoms with Gasteiger partial charge in [0.25, 0.3) is 0 Å². The predicted molar refractivity (Wildman–Crippen MR) is 106 cm³/mol. The van der Waals surface area contributed by atoms with E-state index in [0.29, 0.717) is 6.61 Å². The van der Waals surface area contributed by atoms with Gasteiger partial charge in [0.2, 0.25) is 5.91 Å². The first kappa shape index (κ1) is 20.2. The minimum atomic E-state index is -1.06. The van der Waals surface area contributed by atoms with E-state index < -0.39 is 17.9 Å². The second kappa shape index (κ2) is 10.8. The number of hydrogen-bond acceptors (Lipinski definition) is 3. The van der Waals surface area contributed by atoms with Crippen molar-refractivity contribution in [1.29, 1.82) is 0 Å². The summed E-state index contributed by atoms with van der Waals surface area (Å²) in [7, 11) is 0. The highest BCUT2D eigenvalue weighted by Crippen LogP contribution is 2.13. The molecule has 27 heavy (non-hydrogen) atoms. The molecule has 0 saturated heterocycles. The van der Waals surface area contributed by atoms with Crippen molar-refractivity contribution in [3.63, 3.8) is 0 Å². The third-order valence-electron chi connectivity index (χ3n) is 3.97. The number of aliphatic carboxylic acids is 1. The summed E-state index contributed by atoms with van der Waals surface area (Å²) in [4.78, 5) is 23.5. The Labute approximate surface area is 159 Å². The minimum Gasteiger partial charge on any atom is -0.494 e. The molecule has 0 spiro atoms. The molecule has 0 heterocycles. The summed E-state index contributed by atoms with van der Waals surface area (Å²) in [5.74, 6) is -0.713. The van der Waals surface area contributed by atoms with Crippen LogP contribution in [0.4, 0.5) is 0 Å². The SMILES string of the molecule is CCCCOc1ccc(/C=C/C(=O)N[C@@H](Cc2ccccc2)C(=O)O)cc1. The lowest BCUT2D eigenvalue weighted by Gasteiger charge is -2.13. The number of unbranched alkanes of at least 4 members (excludes halogenated alkanes) is 1. The van der Waals surface area contributed by atoms with Crippen molar-refractivity contribution < 1.29 is 19.4 Å². The van der Waals surface area contributed by atoms with E-state index in [1.807, 2.05) is 54.6 Å². The molecule has 2 N–H and O–H groups in total. The maximum Gasteiger partial charge on any atom is 0.326 e. The number of amides is 1. The first-order valence-corrected chi connectivity index (χ1v) is 9.06. The van der Waals surface area contributed by atoms with Gasteiger partial charge in [0, 0.05) is 12.5 Å². The average molecular weight is 367 g/mol. The average Bonchev–Trinajstić information content (AvgIpc) is 2.68. The Kier molecular flexibility index (Phi) is 8.10.